The van der Waals surface area contributed by atoms with Crippen LogP contribution >= 0.6 is 0 Å². The second-order valence-electron chi connectivity index (χ2n) is 25.6. The molecule has 3 N–H and O–H groups in total. The number of hydrogen-bond donors (Lipinski definition) is 3. The summed E-state index contributed by atoms with van der Waals surface area (Å²) in [6.45, 7) is 4.93. The van der Waals surface area contributed by atoms with E-state index in [1.807, 2.05) is 6.08 Å². The van der Waals surface area contributed by atoms with Gasteiger partial charge in [-0.05, 0) is 57.8 Å². The van der Waals surface area contributed by atoms with E-state index in [1.165, 1.54) is 353 Å². The maximum absolute atomic E-state index is 12.4. The highest BCUT2D eigenvalue weighted by Crippen LogP contribution is 2.19. The average molecular weight is 1140 g/mol. The zero-order chi connectivity index (χ0) is 58.5. The maximum atomic E-state index is 12.4. The van der Waals surface area contributed by atoms with Gasteiger partial charge in [0.05, 0.1) is 25.4 Å². The number of rotatable bonds is 70. The SMILES string of the molecule is CCCCCCCCCC/C=C/C(O)C(CO)NC(=O)CCCCCCCCCCCCCCCCCCC/C=C\CCCCCCCCCCCCCCCCOC(=O)CCCCCCCCCCCCCCCCCCCCC. The van der Waals surface area contributed by atoms with Crippen LogP contribution in [-0.2, 0) is 14.3 Å². The molecule has 0 aliphatic rings. The molecule has 6 nitrogen and oxygen atoms in total. The Hall–Kier alpha value is -1.66. The lowest BCUT2D eigenvalue weighted by atomic mass is 10.0. The van der Waals surface area contributed by atoms with Crippen molar-refractivity contribution in [2.24, 2.45) is 0 Å². The van der Waals surface area contributed by atoms with Crippen molar-refractivity contribution in [2.75, 3.05) is 13.2 Å². The van der Waals surface area contributed by atoms with Crippen molar-refractivity contribution in [3.05, 3.63) is 24.3 Å². The number of ether oxygens (including phenoxy) is 1. The summed E-state index contributed by atoms with van der Waals surface area (Å²) >= 11 is 0. The summed E-state index contributed by atoms with van der Waals surface area (Å²) in [6, 6.07) is -0.623. The van der Waals surface area contributed by atoms with Crippen LogP contribution in [0.4, 0.5) is 0 Å². The summed E-state index contributed by atoms with van der Waals surface area (Å²) in [7, 11) is 0. The van der Waals surface area contributed by atoms with Crippen molar-refractivity contribution >= 4 is 11.9 Å². The number of carbonyl (C=O) groups is 2. The molecular weight excluding hydrogens is 995 g/mol. The Balaban J connectivity index is 3.30. The summed E-state index contributed by atoms with van der Waals surface area (Å²) in [5, 5.41) is 23.0. The van der Waals surface area contributed by atoms with Gasteiger partial charge in [-0.25, -0.2) is 0 Å². The van der Waals surface area contributed by atoms with Crippen molar-refractivity contribution in [1.82, 2.24) is 5.32 Å². The third kappa shape index (κ3) is 67.3. The third-order valence-electron chi connectivity index (χ3n) is 17.5. The van der Waals surface area contributed by atoms with Crippen molar-refractivity contribution in [3.8, 4) is 0 Å². The Labute approximate surface area is 507 Å². The molecule has 81 heavy (non-hydrogen) atoms. The van der Waals surface area contributed by atoms with Gasteiger partial charge in [-0.15, -0.1) is 0 Å². The largest absolute Gasteiger partial charge is 0.466 e. The fourth-order valence-corrected chi connectivity index (χ4v) is 11.8. The first-order chi connectivity index (χ1) is 40.0. The summed E-state index contributed by atoms with van der Waals surface area (Å²) in [5.41, 5.74) is 0. The van der Waals surface area contributed by atoms with Gasteiger partial charge < -0.3 is 20.3 Å². The fraction of sp³-hybridized carbons (Fsp3) is 0.920. The number of aliphatic hydroxyl groups is 2. The van der Waals surface area contributed by atoms with Gasteiger partial charge in [0.25, 0.3) is 0 Å². The van der Waals surface area contributed by atoms with Crippen LogP contribution in [-0.4, -0.2) is 47.4 Å². The first kappa shape index (κ1) is 79.3. The number of nitrogens with one attached hydrogen (secondary N) is 1. The third-order valence-corrected chi connectivity index (χ3v) is 17.5. The summed E-state index contributed by atoms with van der Waals surface area (Å²) in [5.74, 6) is -0.0391. The second kappa shape index (κ2) is 70.8. The van der Waals surface area contributed by atoms with Crippen LogP contribution in [0.1, 0.15) is 418 Å². The topological polar surface area (TPSA) is 95.9 Å². The molecular formula is C75H145NO5. The standard InChI is InChI=1S/C75H145NO5/c1-3-5-7-9-11-13-15-16-17-18-36-40-43-46-49-53-57-61-65-69-75(80)81-70-66-62-58-54-50-47-44-41-38-35-33-31-29-27-25-23-21-19-20-22-24-26-28-30-32-34-37-39-42-45-48-52-56-60-64-68-74(79)76-72(71-77)73(78)67-63-59-55-51-14-12-10-8-6-4-2/h21,23,63,67,72-73,77-78H,3-20,22,24-62,64-66,68-71H2,1-2H3,(H,76,79)/b23-21-,67-63+. The van der Waals surface area contributed by atoms with Gasteiger partial charge in [-0.3, -0.25) is 9.59 Å². The van der Waals surface area contributed by atoms with Gasteiger partial charge in [0, 0.05) is 12.8 Å². The van der Waals surface area contributed by atoms with E-state index in [-0.39, 0.29) is 18.5 Å². The van der Waals surface area contributed by atoms with Crippen molar-refractivity contribution in [2.45, 2.75) is 431 Å². The van der Waals surface area contributed by atoms with Crippen molar-refractivity contribution < 1.29 is 24.5 Å². The second-order valence-corrected chi connectivity index (χ2v) is 25.6. The Morgan fingerprint density at radius 3 is 0.877 bits per heavy atom. The molecule has 6 heteroatoms. The number of amides is 1. The van der Waals surface area contributed by atoms with Crippen LogP contribution in [0, 0.1) is 0 Å². The fourth-order valence-electron chi connectivity index (χ4n) is 11.8. The van der Waals surface area contributed by atoms with Gasteiger partial charge in [0.15, 0.2) is 0 Å². The van der Waals surface area contributed by atoms with Gasteiger partial charge in [-0.2, -0.15) is 0 Å². The number of unbranched alkanes of at least 4 members (excludes halogenated alkanes) is 57. The molecule has 480 valence electrons. The van der Waals surface area contributed by atoms with E-state index in [1.54, 1.807) is 6.08 Å². The summed E-state index contributed by atoms with van der Waals surface area (Å²) < 4.78 is 5.52. The van der Waals surface area contributed by atoms with E-state index in [0.29, 0.717) is 19.4 Å². The maximum Gasteiger partial charge on any atom is 0.305 e. The van der Waals surface area contributed by atoms with Crippen LogP contribution in [0.5, 0.6) is 0 Å². The highest BCUT2D eigenvalue weighted by molar-refractivity contribution is 5.76. The molecule has 0 aromatic carbocycles. The minimum absolute atomic E-state index is 0.0255. The number of aliphatic hydroxyl groups excluding tert-OH is 2. The quantitative estimate of drug-likeness (QED) is 0.0320. The van der Waals surface area contributed by atoms with Crippen molar-refractivity contribution in [3.63, 3.8) is 0 Å². The molecule has 0 heterocycles. The summed E-state index contributed by atoms with van der Waals surface area (Å²) in [6.07, 6.45) is 90.1. The lowest BCUT2D eigenvalue weighted by Gasteiger charge is -2.20. The van der Waals surface area contributed by atoms with E-state index in [4.69, 9.17) is 4.74 Å². The molecule has 0 fully saturated rings. The molecule has 0 aromatic rings. The zero-order valence-corrected chi connectivity index (χ0v) is 55.0. The molecule has 0 spiro atoms. The highest BCUT2D eigenvalue weighted by Gasteiger charge is 2.18. The van der Waals surface area contributed by atoms with Crippen LogP contribution in [0.15, 0.2) is 24.3 Å². The van der Waals surface area contributed by atoms with Crippen LogP contribution in [0.2, 0.25) is 0 Å². The molecule has 2 atom stereocenters. The van der Waals surface area contributed by atoms with E-state index in [0.717, 1.165) is 38.5 Å². The minimum atomic E-state index is -0.840. The van der Waals surface area contributed by atoms with E-state index < -0.39 is 12.1 Å². The first-order valence-corrected chi connectivity index (χ1v) is 37.1. The first-order valence-electron chi connectivity index (χ1n) is 37.1. The minimum Gasteiger partial charge on any atom is -0.466 e. The number of allylic oxidation sites excluding steroid dienone is 3. The Morgan fingerprint density at radius 1 is 0.333 bits per heavy atom. The molecule has 0 aromatic heterocycles. The molecule has 0 bridgehead atoms. The van der Waals surface area contributed by atoms with Gasteiger partial charge in [0.2, 0.25) is 5.91 Å². The molecule has 0 radical (unpaired) electrons. The summed E-state index contributed by atoms with van der Waals surface area (Å²) in [4.78, 5) is 24.6. The number of esters is 1. The molecule has 0 rings (SSSR count). The van der Waals surface area contributed by atoms with Gasteiger partial charge in [-0.1, -0.05) is 372 Å². The molecule has 0 saturated carbocycles. The molecule has 0 saturated heterocycles. The van der Waals surface area contributed by atoms with E-state index in [9.17, 15) is 19.8 Å². The predicted molar refractivity (Wildman–Crippen MR) is 356 cm³/mol. The highest BCUT2D eigenvalue weighted by atomic mass is 16.5. The van der Waals surface area contributed by atoms with Gasteiger partial charge in [0.1, 0.15) is 0 Å². The van der Waals surface area contributed by atoms with Crippen LogP contribution in [0.3, 0.4) is 0 Å². The number of carbonyl (C=O) groups excluding carboxylic acids is 2. The lowest BCUT2D eigenvalue weighted by Crippen LogP contribution is -2.45. The average Bonchev–Trinajstić information content (AvgIpc) is 3.47. The lowest BCUT2D eigenvalue weighted by molar-refractivity contribution is -0.143. The Kier molecular flexibility index (Phi) is 69.4. The molecule has 2 unspecified atom stereocenters. The molecule has 1 amide bonds. The van der Waals surface area contributed by atoms with E-state index in [2.05, 4.69) is 31.3 Å². The van der Waals surface area contributed by atoms with E-state index >= 15 is 0 Å². The predicted octanol–water partition coefficient (Wildman–Crippen LogP) is 24.1. The Bertz CT molecular complexity index is 1270. The zero-order valence-electron chi connectivity index (χ0n) is 55.0. The Morgan fingerprint density at radius 2 is 0.580 bits per heavy atom. The van der Waals surface area contributed by atoms with Crippen LogP contribution in [0.25, 0.3) is 0 Å². The van der Waals surface area contributed by atoms with Gasteiger partial charge >= 0.3 is 5.97 Å². The van der Waals surface area contributed by atoms with Crippen LogP contribution < -0.4 is 5.32 Å². The normalized spacial score (nSPS) is 12.6. The van der Waals surface area contributed by atoms with Crippen molar-refractivity contribution in [1.29, 1.82) is 0 Å². The monoisotopic (exact) mass is 1140 g/mol. The number of hydrogen-bond acceptors (Lipinski definition) is 5. The molecule has 0 aliphatic carbocycles. The smallest absolute Gasteiger partial charge is 0.305 e. The molecule has 0 aliphatic heterocycles.